The minimum atomic E-state index is -0.463. The van der Waals surface area contributed by atoms with Crippen LogP contribution in [-0.2, 0) is 9.53 Å². The van der Waals surface area contributed by atoms with E-state index in [4.69, 9.17) is 14.9 Å². The van der Waals surface area contributed by atoms with Crippen LogP contribution in [0.1, 0.15) is 75.4 Å². The summed E-state index contributed by atoms with van der Waals surface area (Å²) in [6.07, 6.45) is 5.61. The van der Waals surface area contributed by atoms with Gasteiger partial charge in [0.05, 0.1) is 13.2 Å². The first-order chi connectivity index (χ1) is 17.5. The second kappa shape index (κ2) is 21.8. The van der Waals surface area contributed by atoms with Crippen molar-refractivity contribution in [2.75, 3.05) is 32.9 Å². The molecular formula is C28H45N3O6. The maximum atomic E-state index is 12.7. The average Bonchev–Trinajstić information content (AvgIpc) is 2.89. The first-order valence-corrected chi connectivity index (χ1v) is 12.3. The maximum Gasteiger partial charge on any atom is 0.407 e. The molecule has 1 unspecified atom stereocenters. The number of allylic oxidation sites excluding steroid dienone is 5. The van der Waals surface area contributed by atoms with Crippen molar-refractivity contribution in [1.29, 1.82) is 0 Å². The van der Waals surface area contributed by atoms with E-state index in [2.05, 4.69) is 22.9 Å². The predicted octanol–water partition coefficient (Wildman–Crippen LogP) is 3.67. The highest BCUT2D eigenvalue weighted by molar-refractivity contribution is 6.00. The second-order valence-corrected chi connectivity index (χ2v) is 7.88. The number of amides is 3. The van der Waals surface area contributed by atoms with Gasteiger partial charge in [0, 0.05) is 37.6 Å². The Hall–Kier alpha value is -3.43. The molecule has 0 radical (unpaired) electrons. The molecule has 0 heterocycles. The van der Waals surface area contributed by atoms with E-state index >= 15 is 0 Å². The van der Waals surface area contributed by atoms with Gasteiger partial charge in [0.25, 0.3) is 5.91 Å². The van der Waals surface area contributed by atoms with Crippen LogP contribution in [-0.4, -0.2) is 61.0 Å². The summed E-state index contributed by atoms with van der Waals surface area (Å²) in [4.78, 5) is 33.9. The number of rotatable bonds is 11. The molecule has 0 spiro atoms. The number of carbonyl (C=O) groups is 3. The number of carbonyl (C=O) groups excluding carboxylic acids is 3. The molecule has 0 fully saturated rings. The first kappa shape index (κ1) is 35.7. The van der Waals surface area contributed by atoms with Gasteiger partial charge >= 0.3 is 6.09 Å². The molecule has 0 aromatic heterocycles. The number of hydrogen-bond donors (Lipinski definition) is 5. The number of alkyl carbamates (subject to hydrolysis) is 1. The zero-order valence-electron chi connectivity index (χ0n) is 23.1. The normalized spacial score (nSPS) is 11.6. The van der Waals surface area contributed by atoms with E-state index in [9.17, 15) is 14.4 Å². The van der Waals surface area contributed by atoms with E-state index < -0.39 is 6.09 Å². The number of primary amides is 1. The summed E-state index contributed by atoms with van der Waals surface area (Å²) in [5.41, 5.74) is 8.77. The van der Waals surface area contributed by atoms with Gasteiger partial charge in [-0.25, -0.2) is 4.79 Å². The number of aliphatic hydroxyl groups excluding tert-OH is 2. The third-order valence-electron chi connectivity index (χ3n) is 4.72. The number of nitrogens with one attached hydrogen (secondary N) is 2. The van der Waals surface area contributed by atoms with Crippen LogP contribution < -0.4 is 16.4 Å². The Bertz CT molecular complexity index is 909. The molecule has 1 rings (SSSR count). The van der Waals surface area contributed by atoms with Gasteiger partial charge in [-0.05, 0) is 50.5 Å². The molecule has 9 nitrogen and oxygen atoms in total. The highest BCUT2D eigenvalue weighted by atomic mass is 16.5. The summed E-state index contributed by atoms with van der Waals surface area (Å²) < 4.78 is 5.29. The van der Waals surface area contributed by atoms with Crippen molar-refractivity contribution in [2.45, 2.75) is 53.9 Å². The third-order valence-corrected chi connectivity index (χ3v) is 4.72. The van der Waals surface area contributed by atoms with Crippen molar-refractivity contribution < 1.29 is 29.3 Å². The number of hydrogen-bond acceptors (Lipinski definition) is 6. The van der Waals surface area contributed by atoms with Gasteiger partial charge in [0.15, 0.2) is 0 Å². The SMILES string of the molecule is C=C/C(C)=C\C=C(/C)c1c(C(=O)NCCO)cccc1C(C)COC(=O)NCC.CCC(N)=O.CCO. The molecule has 37 heavy (non-hydrogen) atoms. The number of aliphatic hydroxyl groups is 2. The van der Waals surface area contributed by atoms with Crippen molar-refractivity contribution in [2.24, 2.45) is 5.73 Å². The van der Waals surface area contributed by atoms with Crippen LogP contribution >= 0.6 is 0 Å². The molecule has 0 saturated heterocycles. The Morgan fingerprint density at radius 1 is 1.11 bits per heavy atom. The van der Waals surface area contributed by atoms with Crippen LogP contribution in [0.4, 0.5) is 4.79 Å². The standard InChI is InChI=1S/C23H32N2O4.C3H7NO.C2H6O/c1-6-16(3)11-12-17(4)21-19(18(5)15-29-23(28)24-7-2)9-8-10-20(21)22(27)25-13-14-26;1-2-3(4)5;1-2-3/h6,8-12,18,26H,1,7,13-15H2,2-5H3,(H,24,28)(H,25,27);2H2,1H3,(H2,4,5);3H,2H2,1H3/b16-11-,17-12+;;. The van der Waals surface area contributed by atoms with Gasteiger partial charge in [-0.2, -0.15) is 0 Å². The van der Waals surface area contributed by atoms with E-state index in [0.29, 0.717) is 18.5 Å². The molecule has 1 aromatic rings. The smallest absolute Gasteiger partial charge is 0.407 e. The maximum absolute atomic E-state index is 12.7. The molecule has 6 N–H and O–H groups in total. The lowest BCUT2D eigenvalue weighted by molar-refractivity contribution is -0.117. The van der Waals surface area contributed by atoms with E-state index in [-0.39, 0.29) is 44.1 Å². The zero-order chi connectivity index (χ0) is 28.8. The molecule has 1 aromatic carbocycles. The Balaban J connectivity index is 0. The molecule has 0 saturated carbocycles. The highest BCUT2D eigenvalue weighted by Gasteiger charge is 2.20. The van der Waals surface area contributed by atoms with Gasteiger partial charge in [-0.3, -0.25) is 9.59 Å². The van der Waals surface area contributed by atoms with Crippen LogP contribution in [0.15, 0.2) is 48.6 Å². The van der Waals surface area contributed by atoms with E-state index in [1.807, 2.05) is 52.0 Å². The molecule has 208 valence electrons. The molecule has 0 aliphatic heterocycles. The average molecular weight is 520 g/mol. The molecule has 1 atom stereocenters. The van der Waals surface area contributed by atoms with Crippen LogP contribution in [0.25, 0.3) is 5.57 Å². The summed E-state index contributed by atoms with van der Waals surface area (Å²) in [6, 6.07) is 5.50. The lowest BCUT2D eigenvalue weighted by Gasteiger charge is -2.20. The van der Waals surface area contributed by atoms with Crippen molar-refractivity contribution in [1.82, 2.24) is 10.6 Å². The fourth-order valence-corrected chi connectivity index (χ4v) is 2.77. The minimum absolute atomic E-state index is 0.119. The highest BCUT2D eigenvalue weighted by Crippen LogP contribution is 2.30. The first-order valence-electron chi connectivity index (χ1n) is 12.3. The predicted molar refractivity (Wildman–Crippen MR) is 149 cm³/mol. The third kappa shape index (κ3) is 16.0. The Morgan fingerprint density at radius 3 is 2.19 bits per heavy atom. The monoisotopic (exact) mass is 519 g/mol. The quantitative estimate of drug-likeness (QED) is 0.281. The topological polar surface area (TPSA) is 151 Å². The van der Waals surface area contributed by atoms with Gasteiger partial charge in [0.2, 0.25) is 5.91 Å². The molecule has 0 bridgehead atoms. The molecule has 9 heteroatoms. The van der Waals surface area contributed by atoms with Crippen molar-refractivity contribution >= 4 is 23.5 Å². The van der Waals surface area contributed by atoms with E-state index in [1.54, 1.807) is 26.0 Å². The Kier molecular flexibility index (Phi) is 21.1. The minimum Gasteiger partial charge on any atom is -0.449 e. The van der Waals surface area contributed by atoms with Gasteiger partial charge < -0.3 is 31.3 Å². The van der Waals surface area contributed by atoms with Gasteiger partial charge in [0.1, 0.15) is 0 Å². The van der Waals surface area contributed by atoms with Crippen LogP contribution in [0.2, 0.25) is 0 Å². The molecular weight excluding hydrogens is 474 g/mol. The summed E-state index contributed by atoms with van der Waals surface area (Å²) in [6.45, 7) is 15.8. The van der Waals surface area contributed by atoms with Crippen LogP contribution in [0.3, 0.4) is 0 Å². The summed E-state index contributed by atoms with van der Waals surface area (Å²) >= 11 is 0. The largest absolute Gasteiger partial charge is 0.449 e. The van der Waals surface area contributed by atoms with E-state index in [1.165, 1.54) is 0 Å². The van der Waals surface area contributed by atoms with Gasteiger partial charge in [-0.1, -0.05) is 56.4 Å². The van der Waals surface area contributed by atoms with Crippen LogP contribution in [0.5, 0.6) is 0 Å². The summed E-state index contributed by atoms with van der Waals surface area (Å²) in [5, 5.41) is 21.9. The lowest BCUT2D eigenvalue weighted by atomic mass is 9.88. The number of benzene rings is 1. The summed E-state index contributed by atoms with van der Waals surface area (Å²) in [7, 11) is 0. The molecule has 3 amide bonds. The number of nitrogens with two attached hydrogens (primary N) is 1. The molecule has 0 aliphatic carbocycles. The Labute approximate surface area is 221 Å². The van der Waals surface area contributed by atoms with E-state index in [0.717, 1.165) is 22.3 Å². The number of ether oxygens (including phenoxy) is 1. The summed E-state index contributed by atoms with van der Waals surface area (Å²) in [5.74, 6) is -0.624. The fourth-order valence-electron chi connectivity index (χ4n) is 2.77. The van der Waals surface area contributed by atoms with Crippen molar-refractivity contribution in [3.05, 3.63) is 65.3 Å². The van der Waals surface area contributed by atoms with Gasteiger partial charge in [-0.15, -0.1) is 0 Å². The second-order valence-electron chi connectivity index (χ2n) is 7.88. The fraction of sp³-hybridized carbons (Fsp3) is 0.464. The lowest BCUT2D eigenvalue weighted by Crippen LogP contribution is -2.28. The van der Waals surface area contributed by atoms with Crippen LogP contribution in [0, 0.1) is 0 Å². The molecule has 0 aliphatic rings. The van der Waals surface area contributed by atoms with Crippen molar-refractivity contribution in [3.63, 3.8) is 0 Å². The zero-order valence-corrected chi connectivity index (χ0v) is 23.1. The Morgan fingerprint density at radius 2 is 1.70 bits per heavy atom. The van der Waals surface area contributed by atoms with Crippen molar-refractivity contribution in [3.8, 4) is 0 Å².